The molecule has 0 aliphatic carbocycles. The average Bonchev–Trinajstić information content (AvgIpc) is 3.07. The molecule has 0 saturated heterocycles. The van der Waals surface area contributed by atoms with Crippen molar-refractivity contribution in [3.63, 3.8) is 0 Å². The third-order valence-electron chi connectivity index (χ3n) is 4.07. The lowest BCUT2D eigenvalue weighted by molar-refractivity contribution is 0.734. The summed E-state index contributed by atoms with van der Waals surface area (Å²) in [5.74, 6) is 1.58. The first-order valence-electron chi connectivity index (χ1n) is 8.19. The Morgan fingerprint density at radius 2 is 2.17 bits per heavy atom. The Labute approximate surface area is 139 Å². The number of unbranched alkanes of at least 4 members (excludes halogenated alkanes) is 1. The van der Waals surface area contributed by atoms with Crippen LogP contribution in [-0.4, -0.2) is 38.5 Å². The molecule has 0 radical (unpaired) electrons. The van der Waals surface area contributed by atoms with Gasteiger partial charge in [0, 0.05) is 30.5 Å². The van der Waals surface area contributed by atoms with E-state index in [2.05, 4.69) is 49.7 Å². The Morgan fingerprint density at radius 1 is 1.25 bits per heavy atom. The summed E-state index contributed by atoms with van der Waals surface area (Å²) < 4.78 is 0. The van der Waals surface area contributed by atoms with Crippen molar-refractivity contribution in [2.24, 2.45) is 0 Å². The maximum absolute atomic E-state index is 4.72. The highest BCUT2D eigenvalue weighted by Crippen LogP contribution is 2.26. The number of hydrogen-bond donors (Lipinski definition) is 2. The molecule has 0 saturated carbocycles. The van der Waals surface area contributed by atoms with Crippen LogP contribution in [0.1, 0.15) is 25.3 Å². The molecular formula is C17H19N7. The highest BCUT2D eigenvalue weighted by molar-refractivity contribution is 5.79. The number of H-pyrrole nitrogens is 1. The van der Waals surface area contributed by atoms with Crippen LogP contribution >= 0.6 is 0 Å². The molecule has 3 aromatic rings. The van der Waals surface area contributed by atoms with Gasteiger partial charge in [-0.05, 0) is 24.6 Å². The summed E-state index contributed by atoms with van der Waals surface area (Å²) in [6, 6.07) is 5.79. The summed E-state index contributed by atoms with van der Waals surface area (Å²) in [7, 11) is 0. The van der Waals surface area contributed by atoms with Gasteiger partial charge in [0.1, 0.15) is 16.9 Å². The van der Waals surface area contributed by atoms with E-state index >= 15 is 0 Å². The summed E-state index contributed by atoms with van der Waals surface area (Å²) in [6.07, 6.45) is 8.44. The number of aromatic amines is 1. The third kappa shape index (κ3) is 2.80. The molecule has 2 aromatic heterocycles. The average molecular weight is 321 g/mol. The number of fused-ring (bicyclic) bond motifs is 2. The van der Waals surface area contributed by atoms with Crippen LogP contribution in [0.25, 0.3) is 17.1 Å². The van der Waals surface area contributed by atoms with Crippen LogP contribution in [0.15, 0.2) is 30.5 Å². The Hall–Kier alpha value is -2.96. The van der Waals surface area contributed by atoms with E-state index in [0.29, 0.717) is 5.95 Å². The van der Waals surface area contributed by atoms with Crippen LogP contribution in [0.4, 0.5) is 17.5 Å². The van der Waals surface area contributed by atoms with E-state index in [9.17, 15) is 0 Å². The van der Waals surface area contributed by atoms with Crippen LogP contribution in [0.3, 0.4) is 0 Å². The van der Waals surface area contributed by atoms with Gasteiger partial charge < -0.3 is 10.2 Å². The first kappa shape index (κ1) is 14.6. The van der Waals surface area contributed by atoms with Crippen molar-refractivity contribution < 1.29 is 0 Å². The predicted molar refractivity (Wildman–Crippen MR) is 95.4 cm³/mol. The molecule has 1 aliphatic heterocycles. The molecule has 7 nitrogen and oxygen atoms in total. The van der Waals surface area contributed by atoms with Gasteiger partial charge in [-0.2, -0.15) is 20.4 Å². The fraction of sp³-hybridized carbons (Fsp3) is 0.294. The van der Waals surface area contributed by atoms with Gasteiger partial charge in [-0.25, -0.2) is 4.98 Å². The highest BCUT2D eigenvalue weighted by atomic mass is 15.3. The standard InChI is InChI=1S/C17H19N7/c1-2-3-8-24-9-4-5-12-11-18-17(20-16(12)24)19-13-6-7-14-15(10-13)22-23-21-14/h4-7,10-11H,2-3,8-9H2,1H3,(H,18,19,20)(H,21,22,23). The van der Waals surface area contributed by atoms with Crippen molar-refractivity contribution in [3.8, 4) is 0 Å². The first-order valence-corrected chi connectivity index (χ1v) is 8.19. The molecule has 1 aliphatic rings. The van der Waals surface area contributed by atoms with Gasteiger partial charge in [0.05, 0.1) is 0 Å². The summed E-state index contributed by atoms with van der Waals surface area (Å²) in [4.78, 5) is 11.4. The summed E-state index contributed by atoms with van der Waals surface area (Å²) in [5, 5.41) is 14.0. The smallest absolute Gasteiger partial charge is 0.229 e. The van der Waals surface area contributed by atoms with E-state index in [-0.39, 0.29) is 0 Å². The maximum atomic E-state index is 4.72. The number of aromatic nitrogens is 5. The Bertz CT molecular complexity index is 884. The quantitative estimate of drug-likeness (QED) is 0.751. The minimum absolute atomic E-state index is 0.591. The van der Waals surface area contributed by atoms with Crippen molar-refractivity contribution in [2.75, 3.05) is 23.3 Å². The second-order valence-electron chi connectivity index (χ2n) is 5.83. The third-order valence-corrected chi connectivity index (χ3v) is 4.07. The van der Waals surface area contributed by atoms with Crippen molar-refractivity contribution >= 4 is 34.6 Å². The second-order valence-corrected chi connectivity index (χ2v) is 5.83. The first-order chi connectivity index (χ1) is 11.8. The van der Waals surface area contributed by atoms with Gasteiger partial charge in [-0.15, -0.1) is 0 Å². The minimum Gasteiger partial charge on any atom is -0.352 e. The molecule has 2 N–H and O–H groups in total. The molecule has 0 atom stereocenters. The predicted octanol–water partition coefficient (Wildman–Crippen LogP) is 3.12. The second kappa shape index (κ2) is 6.27. The Balaban J connectivity index is 1.60. The zero-order valence-electron chi connectivity index (χ0n) is 13.5. The lowest BCUT2D eigenvalue weighted by Gasteiger charge is -2.26. The Kier molecular flexibility index (Phi) is 3.82. The molecule has 0 spiro atoms. The Morgan fingerprint density at radius 3 is 3.08 bits per heavy atom. The fourth-order valence-electron chi connectivity index (χ4n) is 2.80. The zero-order chi connectivity index (χ0) is 16.4. The molecule has 24 heavy (non-hydrogen) atoms. The SMILES string of the molecule is CCCCN1CC=Cc2cnc(Nc3ccc4n[nH]nc4c3)nc21. The molecule has 122 valence electrons. The van der Waals surface area contributed by atoms with Crippen LogP contribution in [0.2, 0.25) is 0 Å². The summed E-state index contributed by atoms with van der Waals surface area (Å²) >= 11 is 0. The van der Waals surface area contributed by atoms with Crippen molar-refractivity contribution in [1.82, 2.24) is 25.4 Å². The van der Waals surface area contributed by atoms with Crippen molar-refractivity contribution in [3.05, 3.63) is 36.0 Å². The number of anilines is 3. The normalized spacial score (nSPS) is 13.3. The molecule has 0 bridgehead atoms. The molecule has 4 rings (SSSR count). The molecule has 0 unspecified atom stereocenters. The van der Waals surface area contributed by atoms with Crippen LogP contribution in [0.5, 0.6) is 0 Å². The fourth-order valence-corrected chi connectivity index (χ4v) is 2.80. The number of hydrogen-bond acceptors (Lipinski definition) is 6. The van der Waals surface area contributed by atoms with E-state index in [1.807, 2.05) is 24.4 Å². The van der Waals surface area contributed by atoms with Crippen molar-refractivity contribution in [2.45, 2.75) is 19.8 Å². The molecule has 0 amide bonds. The van der Waals surface area contributed by atoms with E-state index in [4.69, 9.17) is 4.98 Å². The minimum atomic E-state index is 0.591. The highest BCUT2D eigenvalue weighted by Gasteiger charge is 2.15. The van der Waals surface area contributed by atoms with Gasteiger partial charge >= 0.3 is 0 Å². The van der Waals surface area contributed by atoms with E-state index in [0.717, 1.165) is 47.6 Å². The van der Waals surface area contributed by atoms with Crippen LogP contribution in [0, 0.1) is 0 Å². The zero-order valence-corrected chi connectivity index (χ0v) is 13.5. The van der Waals surface area contributed by atoms with Gasteiger partial charge in [-0.1, -0.05) is 25.5 Å². The lowest BCUT2D eigenvalue weighted by atomic mass is 10.2. The summed E-state index contributed by atoms with van der Waals surface area (Å²) in [5.41, 5.74) is 3.60. The van der Waals surface area contributed by atoms with Crippen LogP contribution < -0.4 is 10.2 Å². The lowest BCUT2D eigenvalue weighted by Crippen LogP contribution is -2.28. The van der Waals surface area contributed by atoms with E-state index in [1.165, 1.54) is 6.42 Å². The number of nitrogens with one attached hydrogen (secondary N) is 2. The molecule has 0 fully saturated rings. The summed E-state index contributed by atoms with van der Waals surface area (Å²) in [6.45, 7) is 4.11. The van der Waals surface area contributed by atoms with E-state index in [1.54, 1.807) is 0 Å². The van der Waals surface area contributed by atoms with Gasteiger partial charge in [0.25, 0.3) is 0 Å². The van der Waals surface area contributed by atoms with Crippen LogP contribution in [-0.2, 0) is 0 Å². The molecular weight excluding hydrogens is 302 g/mol. The largest absolute Gasteiger partial charge is 0.352 e. The van der Waals surface area contributed by atoms with Crippen molar-refractivity contribution in [1.29, 1.82) is 0 Å². The monoisotopic (exact) mass is 321 g/mol. The molecule has 3 heterocycles. The maximum Gasteiger partial charge on any atom is 0.229 e. The van der Waals surface area contributed by atoms with Gasteiger partial charge in [-0.3, -0.25) is 0 Å². The number of benzene rings is 1. The molecule has 7 heteroatoms. The van der Waals surface area contributed by atoms with E-state index < -0.39 is 0 Å². The van der Waals surface area contributed by atoms with Gasteiger partial charge in [0.15, 0.2) is 0 Å². The van der Waals surface area contributed by atoms with Gasteiger partial charge in [0.2, 0.25) is 5.95 Å². The molecule has 1 aromatic carbocycles. The number of nitrogens with zero attached hydrogens (tertiary/aromatic N) is 5. The topological polar surface area (TPSA) is 82.6 Å². The number of rotatable bonds is 5.